The molecule has 98 valence electrons. The first-order valence-electron chi connectivity index (χ1n) is 3.73. The molecule has 0 spiro atoms. The Morgan fingerprint density at radius 1 is 0.833 bits per heavy atom. The third-order valence-electron chi connectivity index (χ3n) is 1.39. The van der Waals surface area contributed by atoms with Crippen molar-refractivity contribution in [3.63, 3.8) is 0 Å². The quantitative estimate of drug-likeness (QED) is 0.562. The van der Waals surface area contributed by atoms with Crippen molar-refractivity contribution in [3.05, 3.63) is 0 Å². The van der Waals surface area contributed by atoms with E-state index in [1.54, 1.807) is 0 Å². The maximum absolute atomic E-state index is 8.58. The van der Waals surface area contributed by atoms with E-state index in [0.717, 1.165) is 29.8 Å². The van der Waals surface area contributed by atoms with Crippen molar-refractivity contribution in [1.82, 2.24) is 0 Å². The van der Waals surface area contributed by atoms with Gasteiger partial charge in [-0.1, -0.05) is 0 Å². The predicted octanol–water partition coefficient (Wildman–Crippen LogP) is -1.13. The summed E-state index contributed by atoms with van der Waals surface area (Å²) in [6.07, 6.45) is 0. The molecule has 0 aliphatic carbocycles. The van der Waals surface area contributed by atoms with Gasteiger partial charge in [-0.15, -0.1) is 0 Å². The van der Waals surface area contributed by atoms with Gasteiger partial charge in [0.25, 0.3) is 0 Å². The average molecular weight is 335 g/mol. The van der Waals surface area contributed by atoms with Gasteiger partial charge in [-0.05, 0) is 0 Å². The second kappa shape index (κ2) is 5.49. The Kier molecular flexibility index (Phi) is 5.57. The van der Waals surface area contributed by atoms with Gasteiger partial charge in [0.1, 0.15) is 0 Å². The summed E-state index contributed by atoms with van der Waals surface area (Å²) < 4.78 is 0. The molecular weight excluding hydrogens is 328 g/mol. The van der Waals surface area contributed by atoms with Crippen LogP contribution >= 0.6 is 0 Å². The normalized spacial score (nSPS) is 13.9. The van der Waals surface area contributed by atoms with Crippen molar-refractivity contribution in [2.45, 2.75) is 4.94 Å². The molecule has 4 N–H and O–H groups in total. The first-order chi connectivity index (χ1) is 8.24. The Morgan fingerprint density at radius 2 is 1.00 bits per heavy atom. The van der Waals surface area contributed by atoms with Crippen LogP contribution < -0.4 is 11.5 Å². The van der Waals surface area contributed by atoms with Crippen LogP contribution in [0.5, 0.6) is 0 Å². The molecule has 0 heterocycles. The first kappa shape index (κ1) is 18.3. The van der Waals surface area contributed by atoms with Crippen LogP contribution in [0.1, 0.15) is 0 Å². The molecule has 18 heavy (non-hydrogen) atoms. The van der Waals surface area contributed by atoms with Gasteiger partial charge >= 0.3 is 111 Å². The van der Waals surface area contributed by atoms with Gasteiger partial charge in [-0.3, -0.25) is 0 Å². The monoisotopic (exact) mass is 334 g/mol. The fourth-order valence-electron chi connectivity index (χ4n) is 0.265. The third-order valence-corrected chi connectivity index (χ3v) is 5.32. The van der Waals surface area contributed by atoms with Gasteiger partial charge < -0.3 is 0 Å². The number of rotatable bonds is 1. The molecule has 0 amide bonds. The molecule has 10 heteroatoms. The van der Waals surface area contributed by atoms with E-state index in [-0.39, 0.29) is 4.94 Å². The number of hydrogen-bond acceptors (Lipinski definition) is 8. The van der Waals surface area contributed by atoms with Crippen molar-refractivity contribution in [3.8, 4) is 29.8 Å². The van der Waals surface area contributed by atoms with Crippen molar-refractivity contribution < 1.29 is 26.7 Å². The molecule has 8 nitrogen and oxygen atoms in total. The summed E-state index contributed by atoms with van der Waals surface area (Å²) in [6, 6.07) is 0. The van der Waals surface area contributed by atoms with E-state index < -0.39 is 10.7 Å². The first-order valence-corrected chi connectivity index (χ1v) is 7.58. The summed E-state index contributed by atoms with van der Waals surface area (Å²) in [6.45, 7) is 0.389. The summed E-state index contributed by atoms with van der Waals surface area (Å²) in [5, 5.41) is 51.5. The van der Waals surface area contributed by atoms with E-state index in [4.69, 9.17) is 43.0 Å². The van der Waals surface area contributed by atoms with Gasteiger partial charge in [0.05, 0.1) is 0 Å². The molecule has 0 aliphatic heterocycles. The Morgan fingerprint density at radius 3 is 1.00 bits per heavy atom. The van der Waals surface area contributed by atoms with E-state index in [1.807, 2.05) is 0 Å². The standard InChI is InChI=1S/C2H7N2.6CN.Cu.Fe/c3-1-2-4;6*1-2;;/h1H,2-4H2;;;;;;;;. The fraction of sp³-hybridized carbons (Fsp3) is 0.250. The second-order valence-electron chi connectivity index (χ2n) is 2.50. The summed E-state index contributed by atoms with van der Waals surface area (Å²) >= 11 is 4.56. The second-order valence-corrected chi connectivity index (χ2v) is 8.82. The zero-order valence-corrected chi connectivity index (χ0v) is 10.8. The zero-order valence-electron chi connectivity index (χ0n) is 8.78. The number of hydrogen-bond donors (Lipinski definition) is 2. The van der Waals surface area contributed by atoms with Crippen LogP contribution in [0, 0.1) is 61.4 Å². The van der Waals surface area contributed by atoms with Crippen LogP contribution in [0.3, 0.4) is 0 Å². The van der Waals surface area contributed by atoms with Crippen LogP contribution in [0.2, 0.25) is 0 Å². The number of nitriles is 6. The number of nitrogens with zero attached hydrogens (tertiary/aromatic N) is 6. The molecule has 0 rings (SSSR count). The van der Waals surface area contributed by atoms with Gasteiger partial charge in [-0.25, -0.2) is 0 Å². The van der Waals surface area contributed by atoms with Crippen LogP contribution in [-0.4, -0.2) is 11.5 Å². The van der Waals surface area contributed by atoms with E-state index >= 15 is 0 Å². The molecule has 0 saturated heterocycles. The Hall–Kier alpha value is -2.10. The Bertz CT molecular complexity index is 452. The molecule has 1 unspecified atom stereocenters. The van der Waals surface area contributed by atoms with Crippen molar-refractivity contribution >= 4 is 0 Å². The van der Waals surface area contributed by atoms with Gasteiger partial charge in [0.2, 0.25) is 0 Å². The van der Waals surface area contributed by atoms with E-state index in [2.05, 4.69) is 16.0 Å². The van der Waals surface area contributed by atoms with Crippen molar-refractivity contribution in [2.24, 2.45) is 11.5 Å². The fourth-order valence-corrected chi connectivity index (χ4v) is 1.09. The molecule has 0 aromatic rings. The van der Waals surface area contributed by atoms with Gasteiger partial charge in [-0.2, -0.15) is 0 Å². The maximum atomic E-state index is 8.58. The number of nitrogens with two attached hydrogens (primary N) is 2. The zero-order chi connectivity index (χ0) is 14.9. The van der Waals surface area contributed by atoms with Crippen molar-refractivity contribution in [1.29, 1.82) is 31.6 Å². The van der Waals surface area contributed by atoms with Crippen LogP contribution in [0.4, 0.5) is 0 Å². The van der Waals surface area contributed by atoms with Crippen LogP contribution in [0.15, 0.2) is 0 Å². The predicted molar refractivity (Wildman–Crippen MR) is 50.7 cm³/mol. The van der Waals surface area contributed by atoms with Crippen LogP contribution in [0.25, 0.3) is 0 Å². The molecule has 0 bridgehead atoms. The van der Waals surface area contributed by atoms with E-state index in [9.17, 15) is 0 Å². The molecule has 0 saturated carbocycles. The minimum atomic E-state index is -6.17. The molecule has 0 aromatic carbocycles. The molecule has 0 aliphatic rings. The molecule has 0 fully saturated rings. The Balaban J connectivity index is 0. The molecule has 0 aromatic heterocycles. The summed E-state index contributed by atoms with van der Waals surface area (Å²) in [5.41, 5.74) is 9.91. The summed E-state index contributed by atoms with van der Waals surface area (Å²) in [7, 11) is -6.17. The van der Waals surface area contributed by atoms with Crippen LogP contribution in [-0.2, 0) is 26.7 Å². The van der Waals surface area contributed by atoms with Crippen molar-refractivity contribution in [2.75, 3.05) is 6.54 Å². The molecular formula is C8H7CuFeN8. The summed E-state index contributed by atoms with van der Waals surface area (Å²) in [5.74, 6) is 0. The van der Waals surface area contributed by atoms with Gasteiger partial charge in [0.15, 0.2) is 0 Å². The molecule has 0 radical (unpaired) electrons. The SMILES string of the molecule is N#[C][Fe]([C]#N)([C]#N)([C]#N)([C]#N)[C]#N.NC[CH](N)[Cu]. The third kappa shape index (κ3) is 2.59. The van der Waals surface area contributed by atoms with E-state index in [1.165, 1.54) is 0 Å². The topological polar surface area (TPSA) is 195 Å². The minimum absolute atomic E-state index is 0.275. The van der Waals surface area contributed by atoms with Gasteiger partial charge in [0, 0.05) is 0 Å². The van der Waals surface area contributed by atoms with E-state index in [0.29, 0.717) is 6.54 Å². The molecule has 1 atom stereocenters. The summed E-state index contributed by atoms with van der Waals surface area (Å²) in [4.78, 5) is 5.91. The Labute approximate surface area is 111 Å². The average Bonchev–Trinajstić information content (AvgIpc) is 2.46.